The molecular weight excluding hydrogens is 238 g/mol. The number of hydrogen-bond acceptors (Lipinski definition) is 2. The van der Waals surface area contributed by atoms with Gasteiger partial charge in [0.1, 0.15) is 0 Å². The van der Waals surface area contributed by atoms with E-state index in [1.54, 1.807) is 0 Å². The van der Waals surface area contributed by atoms with Crippen molar-refractivity contribution in [1.82, 2.24) is 5.32 Å². The number of aliphatic hydroxyl groups is 1. The lowest BCUT2D eigenvalue weighted by atomic mass is 9.68. The van der Waals surface area contributed by atoms with Crippen molar-refractivity contribution in [2.45, 2.75) is 72.8 Å². The minimum absolute atomic E-state index is 0.0167. The van der Waals surface area contributed by atoms with Crippen LogP contribution in [0.1, 0.15) is 66.7 Å². The van der Waals surface area contributed by atoms with Crippen molar-refractivity contribution in [3.8, 4) is 0 Å². The van der Waals surface area contributed by atoms with Gasteiger partial charge in [0.15, 0.2) is 0 Å². The van der Waals surface area contributed by atoms with Gasteiger partial charge in [-0.15, -0.1) is 0 Å². The van der Waals surface area contributed by atoms with Crippen LogP contribution in [0.5, 0.6) is 0 Å². The van der Waals surface area contributed by atoms with Crippen molar-refractivity contribution in [3.05, 3.63) is 0 Å². The fraction of sp³-hybridized carbons (Fsp3) is 0.938. The summed E-state index contributed by atoms with van der Waals surface area (Å²) < 4.78 is 0. The number of aliphatic hydroxyl groups excluding tert-OH is 1. The van der Waals surface area contributed by atoms with Crippen molar-refractivity contribution in [2.75, 3.05) is 6.61 Å². The largest absolute Gasteiger partial charge is 0.396 e. The minimum Gasteiger partial charge on any atom is -0.396 e. The van der Waals surface area contributed by atoms with Crippen molar-refractivity contribution in [1.29, 1.82) is 0 Å². The second-order valence-electron chi connectivity index (χ2n) is 7.73. The van der Waals surface area contributed by atoms with Crippen LogP contribution in [-0.4, -0.2) is 23.7 Å². The monoisotopic (exact) mass is 269 g/mol. The van der Waals surface area contributed by atoms with Gasteiger partial charge in [0.2, 0.25) is 5.91 Å². The Morgan fingerprint density at radius 2 is 2.00 bits per heavy atom. The average molecular weight is 269 g/mol. The van der Waals surface area contributed by atoms with E-state index in [-0.39, 0.29) is 35.3 Å². The maximum absolute atomic E-state index is 12.6. The Morgan fingerprint density at radius 1 is 1.37 bits per heavy atom. The molecule has 2 unspecified atom stereocenters. The van der Waals surface area contributed by atoms with Crippen LogP contribution >= 0.6 is 0 Å². The van der Waals surface area contributed by atoms with Crippen LogP contribution in [-0.2, 0) is 4.79 Å². The molecule has 112 valence electrons. The van der Waals surface area contributed by atoms with E-state index in [0.717, 1.165) is 19.3 Å². The maximum atomic E-state index is 12.6. The zero-order valence-corrected chi connectivity index (χ0v) is 13.3. The number of hydrogen-bond donors (Lipinski definition) is 2. The van der Waals surface area contributed by atoms with E-state index in [2.05, 4.69) is 39.9 Å². The summed E-state index contributed by atoms with van der Waals surface area (Å²) in [5.74, 6) is 0.294. The van der Waals surface area contributed by atoms with E-state index < -0.39 is 0 Å². The Labute approximate surface area is 118 Å². The molecule has 1 aliphatic carbocycles. The molecule has 1 fully saturated rings. The van der Waals surface area contributed by atoms with Crippen LogP contribution in [0.3, 0.4) is 0 Å². The second-order valence-corrected chi connectivity index (χ2v) is 7.73. The lowest BCUT2D eigenvalue weighted by molar-refractivity contribution is -0.131. The van der Waals surface area contributed by atoms with Crippen LogP contribution in [0.2, 0.25) is 0 Å². The summed E-state index contributed by atoms with van der Waals surface area (Å²) >= 11 is 0. The van der Waals surface area contributed by atoms with E-state index in [1.807, 2.05) is 0 Å². The zero-order valence-electron chi connectivity index (χ0n) is 13.3. The van der Waals surface area contributed by atoms with Crippen LogP contribution < -0.4 is 5.32 Å². The van der Waals surface area contributed by atoms with Crippen molar-refractivity contribution >= 4 is 5.91 Å². The molecule has 0 saturated heterocycles. The van der Waals surface area contributed by atoms with Crippen LogP contribution in [0.15, 0.2) is 0 Å². The lowest BCUT2D eigenvalue weighted by Crippen LogP contribution is -2.49. The van der Waals surface area contributed by atoms with Gasteiger partial charge in [0.05, 0.1) is 0 Å². The van der Waals surface area contributed by atoms with Gasteiger partial charge in [0, 0.05) is 18.6 Å². The summed E-state index contributed by atoms with van der Waals surface area (Å²) in [4.78, 5) is 12.6. The van der Waals surface area contributed by atoms with Gasteiger partial charge in [-0.1, -0.05) is 47.5 Å². The zero-order chi connectivity index (χ0) is 14.7. The number of rotatable bonds is 4. The van der Waals surface area contributed by atoms with E-state index in [0.29, 0.717) is 6.42 Å². The summed E-state index contributed by atoms with van der Waals surface area (Å²) in [6.45, 7) is 10.9. The molecule has 0 heterocycles. The van der Waals surface area contributed by atoms with Gasteiger partial charge >= 0.3 is 0 Å². The molecule has 1 rings (SSSR count). The van der Waals surface area contributed by atoms with Crippen LogP contribution in [0.25, 0.3) is 0 Å². The Bertz CT molecular complexity index is 304. The topological polar surface area (TPSA) is 49.3 Å². The summed E-state index contributed by atoms with van der Waals surface area (Å²) in [5, 5.41) is 12.4. The molecule has 0 radical (unpaired) electrons. The van der Waals surface area contributed by atoms with Crippen molar-refractivity contribution in [3.63, 3.8) is 0 Å². The van der Waals surface area contributed by atoms with Gasteiger partial charge in [-0.25, -0.2) is 0 Å². The Kier molecular flexibility index (Phi) is 5.43. The number of nitrogens with one attached hydrogen (secondary N) is 1. The Hall–Kier alpha value is -0.570. The first-order chi connectivity index (χ1) is 8.68. The molecule has 3 heteroatoms. The summed E-state index contributed by atoms with van der Waals surface area (Å²) in [6.07, 6.45) is 5.14. The maximum Gasteiger partial charge on any atom is 0.223 e. The van der Waals surface area contributed by atoms with Crippen molar-refractivity contribution in [2.24, 2.45) is 16.7 Å². The van der Waals surface area contributed by atoms with Gasteiger partial charge in [0.25, 0.3) is 0 Å². The number of carbonyl (C=O) groups excluding carboxylic acids is 1. The van der Waals surface area contributed by atoms with Gasteiger partial charge < -0.3 is 10.4 Å². The highest BCUT2D eigenvalue weighted by Crippen LogP contribution is 2.40. The molecule has 2 atom stereocenters. The molecule has 3 nitrogen and oxygen atoms in total. The van der Waals surface area contributed by atoms with Crippen LogP contribution in [0.4, 0.5) is 0 Å². The van der Waals surface area contributed by atoms with Gasteiger partial charge in [-0.05, 0) is 30.1 Å². The molecule has 0 bridgehead atoms. The molecule has 0 aromatic heterocycles. The minimum atomic E-state index is -0.0167. The highest BCUT2D eigenvalue weighted by Gasteiger charge is 2.38. The summed E-state index contributed by atoms with van der Waals surface area (Å²) in [7, 11) is 0. The average Bonchev–Trinajstić information content (AvgIpc) is 2.26. The van der Waals surface area contributed by atoms with Gasteiger partial charge in [-0.3, -0.25) is 4.79 Å². The van der Waals surface area contributed by atoms with Gasteiger partial charge in [-0.2, -0.15) is 0 Å². The second kappa shape index (κ2) is 6.25. The molecular formula is C16H31NO2. The first-order valence-electron chi connectivity index (χ1n) is 7.60. The molecule has 0 spiro atoms. The Balaban J connectivity index is 2.71. The third kappa shape index (κ3) is 4.48. The predicted octanol–water partition coefficient (Wildman–Crippen LogP) is 3.12. The smallest absolute Gasteiger partial charge is 0.223 e. The highest BCUT2D eigenvalue weighted by atomic mass is 16.3. The Morgan fingerprint density at radius 3 is 2.47 bits per heavy atom. The first kappa shape index (κ1) is 16.5. The van der Waals surface area contributed by atoms with E-state index in [4.69, 9.17) is 0 Å². The third-order valence-corrected chi connectivity index (χ3v) is 4.60. The summed E-state index contributed by atoms with van der Waals surface area (Å²) in [5.41, 5.74) is 0.0845. The molecule has 0 aromatic rings. The molecule has 1 amide bonds. The molecule has 2 N–H and O–H groups in total. The van der Waals surface area contributed by atoms with Crippen molar-refractivity contribution < 1.29 is 9.90 Å². The predicted molar refractivity (Wildman–Crippen MR) is 78.8 cm³/mol. The molecule has 0 aromatic carbocycles. The molecule has 1 aliphatic rings. The summed E-state index contributed by atoms with van der Waals surface area (Å²) in [6, 6.07) is 0.0442. The third-order valence-electron chi connectivity index (χ3n) is 4.60. The molecule has 1 saturated carbocycles. The fourth-order valence-electron chi connectivity index (χ4n) is 3.10. The lowest BCUT2D eigenvalue weighted by Gasteiger charge is -2.40. The number of amides is 1. The van der Waals surface area contributed by atoms with E-state index in [9.17, 15) is 9.90 Å². The number of carbonyl (C=O) groups is 1. The quantitative estimate of drug-likeness (QED) is 0.824. The molecule has 0 aliphatic heterocycles. The van der Waals surface area contributed by atoms with E-state index >= 15 is 0 Å². The molecule has 19 heavy (non-hydrogen) atoms. The van der Waals surface area contributed by atoms with E-state index in [1.165, 1.54) is 6.42 Å². The normalized spacial score (nSPS) is 24.8. The van der Waals surface area contributed by atoms with Crippen LogP contribution in [0, 0.1) is 16.7 Å². The fourth-order valence-corrected chi connectivity index (χ4v) is 3.10. The standard InChI is InChI=1S/C16H31NO2/c1-15(2,3)13(9-11-18)17-14(19)12-8-6-7-10-16(12,4)5/h12-13,18H,6-11H2,1-5H3,(H,17,19). The SMILES string of the molecule is CC(C)(C)C(CCO)NC(=O)C1CCCCC1(C)C. The highest BCUT2D eigenvalue weighted by molar-refractivity contribution is 5.80. The first-order valence-corrected chi connectivity index (χ1v) is 7.60.